The topological polar surface area (TPSA) is 84.4 Å². The van der Waals surface area contributed by atoms with E-state index >= 15 is 0 Å². The lowest BCUT2D eigenvalue weighted by Gasteiger charge is -2.11. The Morgan fingerprint density at radius 2 is 1.81 bits per heavy atom. The normalized spacial score (nSPS) is 11.3. The summed E-state index contributed by atoms with van der Waals surface area (Å²) in [5.41, 5.74) is 0.153. The van der Waals surface area contributed by atoms with Crippen LogP contribution in [0.15, 0.2) is 48.7 Å². The van der Waals surface area contributed by atoms with Crippen LogP contribution in [-0.2, 0) is 22.2 Å². The molecule has 0 atom stereocenters. The van der Waals surface area contributed by atoms with Crippen LogP contribution < -0.4 is 10.1 Å². The molecule has 162 valence electrons. The maximum absolute atomic E-state index is 12.6. The first kappa shape index (κ1) is 22.0. The number of ether oxygens (including phenoxy) is 1. The van der Waals surface area contributed by atoms with Crippen LogP contribution in [0.5, 0.6) is 11.5 Å². The third kappa shape index (κ3) is 5.91. The molecule has 31 heavy (non-hydrogen) atoms. The number of pyridine rings is 2. The van der Waals surface area contributed by atoms with Crippen molar-refractivity contribution < 1.29 is 27.5 Å². The number of nitrogens with one attached hydrogen (secondary N) is 1. The van der Waals surface area contributed by atoms with Crippen molar-refractivity contribution in [3.63, 3.8) is 0 Å². The van der Waals surface area contributed by atoms with Gasteiger partial charge in [0.15, 0.2) is 0 Å². The lowest BCUT2D eigenvalue weighted by molar-refractivity contribution is -0.141. The van der Waals surface area contributed by atoms with E-state index in [9.17, 15) is 22.8 Å². The Hall–Kier alpha value is -3.69. The summed E-state index contributed by atoms with van der Waals surface area (Å²) in [5, 5.41) is 3.27. The van der Waals surface area contributed by atoms with Gasteiger partial charge in [0.2, 0.25) is 11.8 Å². The second-order valence-electron chi connectivity index (χ2n) is 6.88. The quantitative estimate of drug-likeness (QED) is 0.647. The Morgan fingerprint density at radius 3 is 2.45 bits per heavy atom. The van der Waals surface area contributed by atoms with E-state index in [1.807, 2.05) is 0 Å². The van der Waals surface area contributed by atoms with E-state index in [1.165, 1.54) is 11.0 Å². The van der Waals surface area contributed by atoms with Crippen molar-refractivity contribution in [2.45, 2.75) is 12.6 Å². The molecule has 0 aliphatic rings. The molecular formula is C21H19F3N4O3. The van der Waals surface area contributed by atoms with Gasteiger partial charge in [-0.2, -0.15) is 13.2 Å². The van der Waals surface area contributed by atoms with E-state index in [2.05, 4.69) is 15.3 Å². The van der Waals surface area contributed by atoms with Gasteiger partial charge in [-0.15, -0.1) is 0 Å². The van der Waals surface area contributed by atoms with Gasteiger partial charge >= 0.3 is 6.18 Å². The zero-order valence-corrected chi connectivity index (χ0v) is 16.7. The Morgan fingerprint density at radius 1 is 1.06 bits per heavy atom. The first-order valence-electron chi connectivity index (χ1n) is 9.19. The van der Waals surface area contributed by atoms with Crippen molar-refractivity contribution in [3.05, 3.63) is 60.0 Å². The van der Waals surface area contributed by atoms with Crippen molar-refractivity contribution in [1.29, 1.82) is 0 Å². The lowest BCUT2D eigenvalue weighted by atomic mass is 10.1. The van der Waals surface area contributed by atoms with Gasteiger partial charge in [-0.3, -0.25) is 14.6 Å². The van der Waals surface area contributed by atoms with Crippen LogP contribution >= 0.6 is 0 Å². The number of hydrogen-bond acceptors (Lipinski definition) is 5. The second-order valence-corrected chi connectivity index (χ2v) is 6.88. The van der Waals surface area contributed by atoms with Gasteiger partial charge in [-0.25, -0.2) is 4.98 Å². The number of alkyl halides is 3. The first-order chi connectivity index (χ1) is 14.6. The molecule has 0 saturated heterocycles. The first-order valence-corrected chi connectivity index (χ1v) is 9.19. The van der Waals surface area contributed by atoms with Crippen LogP contribution in [0, 0.1) is 0 Å². The number of amides is 2. The van der Waals surface area contributed by atoms with Crippen molar-refractivity contribution in [2.75, 3.05) is 20.6 Å². The van der Waals surface area contributed by atoms with Crippen LogP contribution in [0.3, 0.4) is 0 Å². The zero-order chi connectivity index (χ0) is 22.6. The van der Waals surface area contributed by atoms with E-state index in [0.29, 0.717) is 17.0 Å². The average Bonchev–Trinajstić information content (AvgIpc) is 2.71. The summed E-state index contributed by atoms with van der Waals surface area (Å²) in [4.78, 5) is 32.7. The van der Waals surface area contributed by atoms with Gasteiger partial charge in [0.05, 0.1) is 30.4 Å². The fraction of sp³-hybridized carbons (Fsp3) is 0.238. The monoisotopic (exact) mass is 432 g/mol. The molecule has 0 radical (unpaired) electrons. The molecular weight excluding hydrogens is 413 g/mol. The van der Waals surface area contributed by atoms with E-state index in [-0.39, 0.29) is 30.5 Å². The highest BCUT2D eigenvalue weighted by Gasteiger charge is 2.32. The van der Waals surface area contributed by atoms with Gasteiger partial charge in [0.1, 0.15) is 17.2 Å². The summed E-state index contributed by atoms with van der Waals surface area (Å²) in [6, 6.07) is 10.5. The number of benzene rings is 1. The second kappa shape index (κ2) is 8.99. The van der Waals surface area contributed by atoms with Gasteiger partial charge in [-0.05, 0) is 36.4 Å². The molecule has 1 N–H and O–H groups in total. The van der Waals surface area contributed by atoms with E-state index < -0.39 is 11.9 Å². The fourth-order valence-corrected chi connectivity index (χ4v) is 2.61. The molecule has 0 unspecified atom stereocenters. The molecule has 7 nitrogen and oxygen atoms in total. The van der Waals surface area contributed by atoms with Crippen molar-refractivity contribution >= 4 is 22.7 Å². The fourth-order valence-electron chi connectivity index (χ4n) is 2.61. The molecule has 0 saturated carbocycles. The lowest BCUT2D eigenvalue weighted by Crippen LogP contribution is -2.36. The predicted octanol–water partition coefficient (Wildman–Crippen LogP) is 3.19. The highest BCUT2D eigenvalue weighted by molar-refractivity contribution is 5.86. The summed E-state index contributed by atoms with van der Waals surface area (Å²) in [7, 11) is 3.21. The molecule has 0 aliphatic carbocycles. The summed E-state index contributed by atoms with van der Waals surface area (Å²) in [5.74, 6) is 0.0387. The molecule has 3 aromatic rings. The third-order valence-electron chi connectivity index (χ3n) is 4.26. The number of likely N-dealkylation sites (N-methyl/N-ethyl adjacent to an activating group) is 1. The highest BCUT2D eigenvalue weighted by atomic mass is 19.4. The number of fused-ring (bicyclic) bond motifs is 1. The third-order valence-corrected chi connectivity index (χ3v) is 4.26. The van der Waals surface area contributed by atoms with Crippen LogP contribution in [0.4, 0.5) is 13.2 Å². The molecule has 0 spiro atoms. The minimum absolute atomic E-state index is 0.0200. The molecule has 0 bridgehead atoms. The van der Waals surface area contributed by atoms with Gasteiger partial charge in [0.25, 0.3) is 0 Å². The van der Waals surface area contributed by atoms with Gasteiger partial charge in [0, 0.05) is 19.5 Å². The Labute approximate surface area is 175 Å². The SMILES string of the molecule is CN(C)C(=O)CNC(=O)Cc1ccc2cc(Oc3ccc(C(F)(F)F)nc3)ccc2n1. The van der Waals surface area contributed by atoms with Crippen molar-refractivity contribution in [3.8, 4) is 11.5 Å². The Bertz CT molecular complexity index is 1100. The largest absolute Gasteiger partial charge is 0.456 e. The summed E-state index contributed by atoms with van der Waals surface area (Å²) < 4.78 is 43.3. The molecule has 0 aliphatic heterocycles. The standard InChI is InChI=1S/C21H19F3N4O3/c1-28(2)20(30)12-26-19(29)10-14-4-3-13-9-15(5-7-17(13)27-14)31-16-6-8-18(25-11-16)21(22,23)24/h3-9,11H,10,12H2,1-2H3,(H,26,29). The van der Waals surface area contributed by atoms with Crippen LogP contribution in [0.2, 0.25) is 0 Å². The predicted molar refractivity (Wildman–Crippen MR) is 106 cm³/mol. The van der Waals surface area contributed by atoms with Crippen LogP contribution in [0.25, 0.3) is 10.9 Å². The van der Waals surface area contributed by atoms with E-state index in [0.717, 1.165) is 17.6 Å². The molecule has 2 amide bonds. The Balaban J connectivity index is 1.66. The number of rotatable bonds is 6. The van der Waals surface area contributed by atoms with Crippen LogP contribution in [-0.4, -0.2) is 47.3 Å². The number of carbonyl (C=O) groups excluding carboxylic acids is 2. The van der Waals surface area contributed by atoms with Crippen LogP contribution in [0.1, 0.15) is 11.4 Å². The van der Waals surface area contributed by atoms with Crippen molar-refractivity contribution in [1.82, 2.24) is 20.2 Å². The highest BCUT2D eigenvalue weighted by Crippen LogP contribution is 2.30. The number of carbonyl (C=O) groups is 2. The number of halogens is 3. The average molecular weight is 432 g/mol. The molecule has 1 aromatic carbocycles. The summed E-state index contributed by atoms with van der Waals surface area (Å²) >= 11 is 0. The minimum Gasteiger partial charge on any atom is -0.456 e. The maximum atomic E-state index is 12.6. The molecule has 2 aromatic heterocycles. The summed E-state index contributed by atoms with van der Waals surface area (Å²) in [6.07, 6.45) is -3.48. The zero-order valence-electron chi connectivity index (χ0n) is 16.7. The van der Waals surface area contributed by atoms with Gasteiger partial charge < -0.3 is 15.0 Å². The smallest absolute Gasteiger partial charge is 0.433 e. The Kier molecular flexibility index (Phi) is 6.38. The minimum atomic E-state index is -4.51. The number of hydrogen-bond donors (Lipinski definition) is 1. The number of aromatic nitrogens is 2. The molecule has 2 heterocycles. The van der Waals surface area contributed by atoms with Crippen molar-refractivity contribution in [2.24, 2.45) is 0 Å². The number of nitrogens with zero attached hydrogens (tertiary/aromatic N) is 3. The summed E-state index contributed by atoms with van der Waals surface area (Å²) in [6.45, 7) is -0.0844. The molecule has 0 fully saturated rings. The van der Waals surface area contributed by atoms with E-state index in [1.54, 1.807) is 44.4 Å². The van der Waals surface area contributed by atoms with E-state index in [4.69, 9.17) is 4.74 Å². The molecule has 10 heteroatoms. The maximum Gasteiger partial charge on any atom is 0.433 e. The van der Waals surface area contributed by atoms with Gasteiger partial charge in [-0.1, -0.05) is 6.07 Å². The molecule has 3 rings (SSSR count).